The molecular formula is C24H25F3N6O. The number of hydrogen-bond donors (Lipinski definition) is 1. The summed E-state index contributed by atoms with van der Waals surface area (Å²) in [7, 11) is 1.80. The molecule has 0 spiro atoms. The van der Waals surface area contributed by atoms with Crippen LogP contribution in [0.5, 0.6) is 0 Å². The van der Waals surface area contributed by atoms with Crippen LogP contribution in [0.2, 0.25) is 0 Å². The van der Waals surface area contributed by atoms with E-state index in [1.165, 1.54) is 6.07 Å². The number of nitrogens with zero attached hydrogens (tertiary/aromatic N) is 5. The third-order valence-corrected chi connectivity index (χ3v) is 5.91. The van der Waals surface area contributed by atoms with Crippen LogP contribution in [0.15, 0.2) is 36.4 Å². The summed E-state index contributed by atoms with van der Waals surface area (Å²) in [6.45, 7) is 7.97. The van der Waals surface area contributed by atoms with Crippen molar-refractivity contribution in [2.24, 2.45) is 7.05 Å². The van der Waals surface area contributed by atoms with Crippen LogP contribution < -0.4 is 5.32 Å². The van der Waals surface area contributed by atoms with Crippen LogP contribution in [0, 0.1) is 13.8 Å². The number of nitrogens with one attached hydrogen (secondary N) is 1. The number of benzene rings is 1. The highest BCUT2D eigenvalue weighted by molar-refractivity contribution is 5.93. The van der Waals surface area contributed by atoms with E-state index in [2.05, 4.69) is 20.5 Å². The van der Waals surface area contributed by atoms with E-state index < -0.39 is 17.8 Å². The van der Waals surface area contributed by atoms with Gasteiger partial charge in [-0.25, -0.2) is 9.50 Å². The average molecular weight is 470 g/mol. The molecule has 7 nitrogen and oxygen atoms in total. The van der Waals surface area contributed by atoms with Crippen molar-refractivity contribution < 1.29 is 18.0 Å². The van der Waals surface area contributed by atoms with E-state index >= 15 is 0 Å². The van der Waals surface area contributed by atoms with Crippen LogP contribution in [0.1, 0.15) is 58.5 Å². The van der Waals surface area contributed by atoms with Gasteiger partial charge in [0, 0.05) is 36.5 Å². The van der Waals surface area contributed by atoms with E-state index in [9.17, 15) is 18.0 Å². The summed E-state index contributed by atoms with van der Waals surface area (Å²) in [6.07, 6.45) is -4.68. The number of aromatic nitrogens is 5. The molecule has 34 heavy (non-hydrogen) atoms. The lowest BCUT2D eigenvalue weighted by Crippen LogP contribution is -2.24. The van der Waals surface area contributed by atoms with Gasteiger partial charge in [0.05, 0.1) is 11.4 Å². The highest BCUT2D eigenvalue weighted by atomic mass is 19.4. The number of halogens is 3. The molecule has 0 aliphatic heterocycles. The van der Waals surface area contributed by atoms with Crippen LogP contribution >= 0.6 is 0 Å². The van der Waals surface area contributed by atoms with Gasteiger partial charge in [0.15, 0.2) is 17.0 Å². The quantitative estimate of drug-likeness (QED) is 0.454. The molecule has 0 bridgehead atoms. The van der Waals surface area contributed by atoms with Gasteiger partial charge in [-0.2, -0.15) is 23.4 Å². The fourth-order valence-electron chi connectivity index (χ4n) is 3.81. The van der Waals surface area contributed by atoms with Crippen molar-refractivity contribution in [3.05, 3.63) is 70.3 Å². The number of carbonyl (C=O) groups excluding carboxylic acids is 1. The molecule has 3 heterocycles. The lowest BCUT2D eigenvalue weighted by Gasteiger charge is -2.12. The molecule has 0 aliphatic rings. The second kappa shape index (κ2) is 8.58. The molecule has 0 saturated carbocycles. The zero-order chi connectivity index (χ0) is 24.8. The van der Waals surface area contributed by atoms with E-state index in [1.807, 2.05) is 39.8 Å². The van der Waals surface area contributed by atoms with Crippen molar-refractivity contribution in [3.63, 3.8) is 0 Å². The fourth-order valence-corrected chi connectivity index (χ4v) is 3.81. The molecule has 0 unspecified atom stereocenters. The number of aryl methyl sites for hydroxylation is 2. The molecule has 0 radical (unpaired) electrons. The van der Waals surface area contributed by atoms with Gasteiger partial charge in [0.2, 0.25) is 0 Å². The predicted octanol–water partition coefficient (Wildman–Crippen LogP) is 4.82. The van der Waals surface area contributed by atoms with Gasteiger partial charge in [-0.15, -0.1) is 0 Å². The van der Waals surface area contributed by atoms with Gasteiger partial charge in [-0.05, 0) is 31.4 Å². The Labute approximate surface area is 194 Å². The highest BCUT2D eigenvalue weighted by Crippen LogP contribution is 2.32. The maximum absolute atomic E-state index is 13.9. The third-order valence-electron chi connectivity index (χ3n) is 5.91. The Kier molecular flexibility index (Phi) is 5.93. The molecule has 0 atom stereocenters. The van der Waals surface area contributed by atoms with Gasteiger partial charge in [-0.1, -0.05) is 38.1 Å². The summed E-state index contributed by atoms with van der Waals surface area (Å²) >= 11 is 0. The lowest BCUT2D eigenvalue weighted by atomic mass is 10.0. The van der Waals surface area contributed by atoms with Gasteiger partial charge in [0.1, 0.15) is 0 Å². The first-order valence-electron chi connectivity index (χ1n) is 10.8. The largest absolute Gasteiger partial charge is 0.433 e. The molecule has 0 saturated heterocycles. The molecule has 4 rings (SSSR count). The van der Waals surface area contributed by atoms with E-state index in [1.54, 1.807) is 23.9 Å². The van der Waals surface area contributed by atoms with E-state index in [4.69, 9.17) is 0 Å². The van der Waals surface area contributed by atoms with Crippen LogP contribution in [-0.2, 0) is 19.8 Å². The summed E-state index contributed by atoms with van der Waals surface area (Å²) in [5, 5.41) is 10.9. The first-order valence-corrected chi connectivity index (χ1v) is 10.8. The number of carbonyl (C=O) groups is 1. The number of fused-ring (bicyclic) bond motifs is 1. The molecule has 0 fully saturated rings. The Morgan fingerprint density at radius 3 is 2.32 bits per heavy atom. The number of hydrogen-bond acceptors (Lipinski definition) is 4. The first-order chi connectivity index (χ1) is 16.0. The van der Waals surface area contributed by atoms with Crippen molar-refractivity contribution >= 4 is 11.6 Å². The predicted molar refractivity (Wildman–Crippen MR) is 121 cm³/mol. The molecule has 4 aromatic rings. The number of rotatable bonds is 5. The number of amides is 1. The SMILES string of the molecule is Cc1nn(C)c(C)c1CNC(=O)c1cc2nc(-c3ccc(C(C)C)cc3)cc(C(F)(F)F)n2n1. The zero-order valence-corrected chi connectivity index (χ0v) is 19.5. The van der Waals surface area contributed by atoms with Gasteiger partial charge >= 0.3 is 6.18 Å². The lowest BCUT2D eigenvalue weighted by molar-refractivity contribution is -0.142. The Bertz CT molecular complexity index is 1370. The Morgan fingerprint density at radius 2 is 1.76 bits per heavy atom. The van der Waals surface area contributed by atoms with Crippen LogP contribution in [0.3, 0.4) is 0 Å². The fraction of sp³-hybridized carbons (Fsp3) is 0.333. The number of alkyl halides is 3. The molecule has 1 amide bonds. The summed E-state index contributed by atoms with van der Waals surface area (Å²) in [5.41, 5.74) is 3.07. The van der Waals surface area contributed by atoms with E-state index in [0.717, 1.165) is 28.6 Å². The van der Waals surface area contributed by atoms with Crippen molar-refractivity contribution in [2.75, 3.05) is 0 Å². The van der Waals surface area contributed by atoms with Gasteiger partial charge < -0.3 is 5.32 Å². The highest BCUT2D eigenvalue weighted by Gasteiger charge is 2.35. The summed E-state index contributed by atoms with van der Waals surface area (Å²) < 4.78 is 43.9. The van der Waals surface area contributed by atoms with Gasteiger partial charge in [-0.3, -0.25) is 9.48 Å². The first kappa shape index (κ1) is 23.5. The summed E-state index contributed by atoms with van der Waals surface area (Å²) in [4.78, 5) is 17.1. The minimum atomic E-state index is -4.68. The average Bonchev–Trinajstić information content (AvgIpc) is 3.31. The summed E-state index contributed by atoms with van der Waals surface area (Å²) in [6, 6.07) is 9.45. The molecule has 1 N–H and O–H groups in total. The Morgan fingerprint density at radius 1 is 1.09 bits per heavy atom. The Balaban J connectivity index is 1.69. The van der Waals surface area contributed by atoms with Crippen LogP contribution in [0.4, 0.5) is 13.2 Å². The standard InChI is InChI=1S/C24H25F3N6O/c1-13(2)16-6-8-17(9-7-16)19-10-21(24(25,26)27)33-22(29-19)11-20(31-33)23(34)28-12-18-14(3)30-32(5)15(18)4/h6-11,13H,12H2,1-5H3,(H,28,34). The van der Waals surface area contributed by atoms with Crippen molar-refractivity contribution in [3.8, 4) is 11.3 Å². The zero-order valence-electron chi connectivity index (χ0n) is 19.5. The van der Waals surface area contributed by atoms with Gasteiger partial charge in [0.25, 0.3) is 5.91 Å². The van der Waals surface area contributed by atoms with E-state index in [0.29, 0.717) is 16.0 Å². The maximum atomic E-state index is 13.9. The molecule has 1 aromatic carbocycles. The van der Waals surface area contributed by atoms with Crippen LogP contribution in [-0.4, -0.2) is 30.3 Å². The van der Waals surface area contributed by atoms with Crippen molar-refractivity contribution in [1.29, 1.82) is 0 Å². The van der Waals surface area contributed by atoms with Crippen molar-refractivity contribution in [2.45, 2.75) is 46.3 Å². The Hall–Kier alpha value is -3.69. The topological polar surface area (TPSA) is 77.1 Å². The van der Waals surface area contributed by atoms with Crippen molar-refractivity contribution in [1.82, 2.24) is 29.7 Å². The minimum Gasteiger partial charge on any atom is -0.346 e. The second-order valence-electron chi connectivity index (χ2n) is 8.56. The molecular weight excluding hydrogens is 445 g/mol. The second-order valence-corrected chi connectivity index (χ2v) is 8.56. The molecule has 0 aliphatic carbocycles. The smallest absolute Gasteiger partial charge is 0.346 e. The monoisotopic (exact) mass is 470 g/mol. The maximum Gasteiger partial charge on any atom is 0.433 e. The molecule has 3 aromatic heterocycles. The molecule has 178 valence electrons. The molecule has 10 heteroatoms. The summed E-state index contributed by atoms with van der Waals surface area (Å²) in [5.74, 6) is -0.297. The van der Waals surface area contributed by atoms with E-state index in [-0.39, 0.29) is 23.6 Å². The third kappa shape index (κ3) is 4.40. The normalized spacial score (nSPS) is 12.0. The minimum absolute atomic E-state index is 0.0587. The van der Waals surface area contributed by atoms with Crippen LogP contribution in [0.25, 0.3) is 16.9 Å².